The van der Waals surface area contributed by atoms with Gasteiger partial charge in [0.1, 0.15) is 18.6 Å². The van der Waals surface area contributed by atoms with Crippen molar-refractivity contribution < 1.29 is 24.3 Å². The van der Waals surface area contributed by atoms with Gasteiger partial charge in [0, 0.05) is 42.8 Å². The lowest BCUT2D eigenvalue weighted by atomic mass is 9.78. The van der Waals surface area contributed by atoms with Gasteiger partial charge >= 0.3 is 5.97 Å². The van der Waals surface area contributed by atoms with Crippen LogP contribution < -0.4 is 10.6 Å². The molecule has 4 heterocycles. The molecule has 1 aromatic heterocycles. The fourth-order valence-electron chi connectivity index (χ4n) is 4.96. The van der Waals surface area contributed by atoms with Gasteiger partial charge in [-0.2, -0.15) is 0 Å². The second kappa shape index (κ2) is 9.33. The molecule has 4 rings (SSSR count). The summed E-state index contributed by atoms with van der Waals surface area (Å²) in [5.41, 5.74) is 0.0124. The fourth-order valence-corrected chi connectivity index (χ4v) is 6.44. The molecular formula is C20H28N8O5S. The SMILES string of the molecule is CC(NC(=O)Cn1cnnn1)[C@H]1C(=O)N2C(C(=O)O)=C(S[C@@H]3CN[C@H](C(=O)N(C)C)C3)[C@H](C)[C@H]12. The number of carbonyl (C=O) groups excluding carboxylic acids is 3. The highest BCUT2D eigenvalue weighted by Crippen LogP contribution is 2.51. The summed E-state index contributed by atoms with van der Waals surface area (Å²) in [6.45, 7) is 4.15. The molecule has 1 aromatic rings. The summed E-state index contributed by atoms with van der Waals surface area (Å²) < 4.78 is 1.28. The molecule has 3 amide bonds. The van der Waals surface area contributed by atoms with Crippen LogP contribution in [0.25, 0.3) is 0 Å². The number of carboxylic acids is 1. The number of rotatable bonds is 8. The summed E-state index contributed by atoms with van der Waals surface area (Å²) in [4.78, 5) is 53.3. The molecule has 34 heavy (non-hydrogen) atoms. The summed E-state index contributed by atoms with van der Waals surface area (Å²) in [6.07, 6.45) is 1.90. The maximum atomic E-state index is 13.0. The standard InChI is InChI=1S/C20H28N8O5S/c1-9-15-14(10(2)23-13(29)7-27-8-22-24-25-27)19(31)28(15)16(20(32)33)17(9)34-11-5-12(21-6-11)18(30)26(3)4/h8-12,14-15,21H,5-7H2,1-4H3,(H,23,29)(H,32,33)/t9-,10?,11+,12+,14-,15-/m1/s1. The van der Waals surface area contributed by atoms with E-state index in [0.717, 1.165) is 0 Å². The number of carbonyl (C=O) groups is 4. The average Bonchev–Trinajstić information content (AvgIpc) is 3.48. The monoisotopic (exact) mass is 492 g/mol. The van der Waals surface area contributed by atoms with Crippen molar-refractivity contribution in [1.82, 2.24) is 40.6 Å². The first-order chi connectivity index (χ1) is 16.1. The molecule has 2 saturated heterocycles. The minimum atomic E-state index is -1.15. The number of hydrogen-bond acceptors (Lipinski definition) is 9. The first-order valence-electron chi connectivity index (χ1n) is 11.0. The maximum Gasteiger partial charge on any atom is 0.353 e. The van der Waals surface area contributed by atoms with E-state index < -0.39 is 17.9 Å². The second-order valence-corrected chi connectivity index (χ2v) is 10.4. The molecule has 3 N–H and O–H groups in total. The van der Waals surface area contributed by atoms with E-state index in [0.29, 0.717) is 17.9 Å². The largest absolute Gasteiger partial charge is 0.477 e. The predicted octanol–water partition coefficient (Wildman–Crippen LogP) is -1.50. The Morgan fingerprint density at radius 1 is 1.38 bits per heavy atom. The number of carboxylic acid groups (broad SMARTS) is 1. The van der Waals surface area contributed by atoms with E-state index in [1.807, 2.05) is 6.92 Å². The van der Waals surface area contributed by atoms with Gasteiger partial charge in [-0.25, -0.2) is 9.48 Å². The van der Waals surface area contributed by atoms with Gasteiger partial charge < -0.3 is 25.5 Å². The molecule has 0 aromatic carbocycles. The Kier molecular flexibility index (Phi) is 6.62. The van der Waals surface area contributed by atoms with Crippen molar-refractivity contribution in [2.24, 2.45) is 11.8 Å². The summed E-state index contributed by atoms with van der Waals surface area (Å²) in [6, 6.07) is -1.15. The lowest BCUT2D eigenvalue weighted by Crippen LogP contribution is -2.66. The summed E-state index contributed by atoms with van der Waals surface area (Å²) in [7, 11) is 3.40. The van der Waals surface area contributed by atoms with E-state index in [9.17, 15) is 24.3 Å². The Balaban J connectivity index is 1.44. The van der Waals surface area contributed by atoms with Gasteiger partial charge in [-0.15, -0.1) is 16.9 Å². The molecule has 2 fully saturated rings. The number of aliphatic carboxylic acids is 1. The van der Waals surface area contributed by atoms with Crippen molar-refractivity contribution in [3.05, 3.63) is 16.9 Å². The molecule has 3 aliphatic rings. The van der Waals surface area contributed by atoms with Gasteiger partial charge in [-0.05, 0) is 23.8 Å². The molecule has 0 spiro atoms. The first kappa shape index (κ1) is 24.1. The zero-order valence-corrected chi connectivity index (χ0v) is 20.2. The fraction of sp³-hybridized carbons (Fsp3) is 0.650. The predicted molar refractivity (Wildman–Crippen MR) is 120 cm³/mol. The van der Waals surface area contributed by atoms with Gasteiger partial charge in [0.25, 0.3) is 0 Å². The van der Waals surface area contributed by atoms with E-state index in [4.69, 9.17) is 0 Å². The molecular weight excluding hydrogens is 464 g/mol. The summed E-state index contributed by atoms with van der Waals surface area (Å²) in [5, 5.41) is 26.6. The highest BCUT2D eigenvalue weighted by Gasteiger charge is 2.60. The molecule has 13 nitrogen and oxygen atoms in total. The van der Waals surface area contributed by atoms with Crippen LogP contribution in [0.4, 0.5) is 0 Å². The zero-order chi connectivity index (χ0) is 24.7. The van der Waals surface area contributed by atoms with E-state index in [1.165, 1.54) is 32.6 Å². The Labute approximate surface area is 200 Å². The van der Waals surface area contributed by atoms with Crippen LogP contribution in [0.5, 0.6) is 0 Å². The van der Waals surface area contributed by atoms with E-state index in [-0.39, 0.29) is 53.2 Å². The highest BCUT2D eigenvalue weighted by molar-refractivity contribution is 8.03. The van der Waals surface area contributed by atoms with Crippen molar-refractivity contribution in [1.29, 1.82) is 0 Å². The number of tetrazole rings is 1. The number of thioether (sulfide) groups is 1. The van der Waals surface area contributed by atoms with Crippen LogP contribution in [0, 0.1) is 11.8 Å². The quantitative estimate of drug-likeness (QED) is 0.364. The number of hydrogen-bond donors (Lipinski definition) is 3. The smallest absolute Gasteiger partial charge is 0.353 e. The van der Waals surface area contributed by atoms with Crippen molar-refractivity contribution in [3.63, 3.8) is 0 Å². The van der Waals surface area contributed by atoms with Crippen LogP contribution in [0.15, 0.2) is 16.9 Å². The van der Waals surface area contributed by atoms with Crippen LogP contribution in [0.3, 0.4) is 0 Å². The molecule has 14 heteroatoms. The molecule has 0 saturated carbocycles. The summed E-state index contributed by atoms with van der Waals surface area (Å²) in [5.74, 6) is -2.56. The van der Waals surface area contributed by atoms with Crippen LogP contribution in [-0.4, -0.2) is 103 Å². The Morgan fingerprint density at radius 2 is 2.12 bits per heavy atom. The third kappa shape index (κ3) is 4.27. The molecule has 6 atom stereocenters. The number of nitrogens with one attached hydrogen (secondary N) is 2. The van der Waals surface area contributed by atoms with Gasteiger partial charge in [0.2, 0.25) is 17.7 Å². The zero-order valence-electron chi connectivity index (χ0n) is 19.3. The minimum absolute atomic E-state index is 0.0124. The van der Waals surface area contributed by atoms with Gasteiger partial charge in [0.15, 0.2) is 0 Å². The van der Waals surface area contributed by atoms with Crippen LogP contribution in [0.2, 0.25) is 0 Å². The minimum Gasteiger partial charge on any atom is -0.477 e. The van der Waals surface area contributed by atoms with Gasteiger partial charge in [-0.3, -0.25) is 14.4 Å². The van der Waals surface area contributed by atoms with Gasteiger partial charge in [-0.1, -0.05) is 6.92 Å². The molecule has 0 aliphatic carbocycles. The first-order valence-corrected chi connectivity index (χ1v) is 11.9. The topological polar surface area (TPSA) is 163 Å². The maximum absolute atomic E-state index is 13.0. The van der Waals surface area contributed by atoms with E-state index in [2.05, 4.69) is 26.2 Å². The number of fused-ring (bicyclic) bond motifs is 1. The lowest BCUT2D eigenvalue weighted by Gasteiger charge is -2.47. The van der Waals surface area contributed by atoms with Crippen LogP contribution >= 0.6 is 11.8 Å². The Bertz CT molecular complexity index is 1030. The molecule has 3 aliphatic heterocycles. The lowest BCUT2D eigenvalue weighted by molar-refractivity contribution is -0.158. The molecule has 0 radical (unpaired) electrons. The third-order valence-corrected chi connectivity index (χ3v) is 8.05. The third-order valence-electron chi connectivity index (χ3n) is 6.54. The van der Waals surface area contributed by atoms with Crippen molar-refractivity contribution >= 4 is 35.5 Å². The highest BCUT2D eigenvalue weighted by atomic mass is 32.2. The van der Waals surface area contributed by atoms with E-state index >= 15 is 0 Å². The number of likely N-dealkylation sites (N-methyl/N-ethyl adjacent to an activating group) is 1. The Hall–Kier alpha value is -3.00. The van der Waals surface area contributed by atoms with Crippen molar-refractivity contribution in [2.75, 3.05) is 20.6 Å². The second-order valence-electron chi connectivity index (χ2n) is 9.06. The number of nitrogens with zero attached hydrogens (tertiary/aromatic N) is 6. The van der Waals surface area contributed by atoms with E-state index in [1.54, 1.807) is 21.0 Å². The Morgan fingerprint density at radius 3 is 2.74 bits per heavy atom. The van der Waals surface area contributed by atoms with Crippen molar-refractivity contribution in [2.45, 2.75) is 50.2 Å². The number of aromatic nitrogens is 4. The van der Waals surface area contributed by atoms with Crippen LogP contribution in [-0.2, 0) is 25.7 Å². The molecule has 0 bridgehead atoms. The van der Waals surface area contributed by atoms with Crippen LogP contribution in [0.1, 0.15) is 20.3 Å². The normalized spacial score (nSPS) is 29.0. The molecule has 1 unspecified atom stereocenters. The average molecular weight is 493 g/mol. The van der Waals surface area contributed by atoms with Gasteiger partial charge in [0.05, 0.1) is 18.0 Å². The number of amides is 3. The molecule has 184 valence electrons. The summed E-state index contributed by atoms with van der Waals surface area (Å²) >= 11 is 1.43. The van der Waals surface area contributed by atoms with Crippen molar-refractivity contribution in [3.8, 4) is 0 Å². The number of β-lactam (4-membered cyclic amide) rings is 1.